The highest BCUT2D eigenvalue weighted by atomic mass is 16.6. The number of carbonyl (C=O) groups excluding carboxylic acids is 1. The molecule has 0 aromatic heterocycles. The maximum absolute atomic E-state index is 12.3. The Morgan fingerprint density at radius 3 is 2.63 bits per heavy atom. The number of cyclic esters (lactones) is 1. The summed E-state index contributed by atoms with van der Waals surface area (Å²) in [5, 5.41) is 9.12. The average molecular weight is 476 g/mol. The Morgan fingerprint density at radius 2 is 1.83 bits per heavy atom. The van der Waals surface area contributed by atoms with Crippen LogP contribution in [-0.2, 0) is 11.2 Å². The molecule has 0 radical (unpaired) electrons. The van der Waals surface area contributed by atoms with Gasteiger partial charge < -0.3 is 19.1 Å². The van der Waals surface area contributed by atoms with Gasteiger partial charge in [-0.2, -0.15) is 5.26 Å². The van der Waals surface area contributed by atoms with E-state index in [-0.39, 0.29) is 18.2 Å². The Hall–Kier alpha value is -3.24. The highest BCUT2D eigenvalue weighted by Crippen LogP contribution is 2.33. The molecule has 35 heavy (non-hydrogen) atoms. The van der Waals surface area contributed by atoms with E-state index in [0.29, 0.717) is 36.2 Å². The van der Waals surface area contributed by atoms with Crippen molar-refractivity contribution >= 4 is 6.09 Å². The minimum Gasteiger partial charge on any atom is -0.486 e. The van der Waals surface area contributed by atoms with Crippen LogP contribution in [-0.4, -0.2) is 67.4 Å². The van der Waals surface area contributed by atoms with Crippen LogP contribution in [0.4, 0.5) is 4.79 Å². The zero-order valence-corrected chi connectivity index (χ0v) is 20.1. The summed E-state index contributed by atoms with van der Waals surface area (Å²) in [6.45, 7) is 4.74. The number of amides is 1. The Balaban J connectivity index is 1.03. The summed E-state index contributed by atoms with van der Waals surface area (Å²) in [5.74, 6) is 2.08. The lowest BCUT2D eigenvalue weighted by Gasteiger charge is -2.36. The fourth-order valence-corrected chi connectivity index (χ4v) is 5.39. The molecule has 2 saturated heterocycles. The van der Waals surface area contributed by atoms with E-state index in [1.807, 2.05) is 23.1 Å². The summed E-state index contributed by atoms with van der Waals surface area (Å²) >= 11 is 0. The second-order valence-corrected chi connectivity index (χ2v) is 9.82. The molecule has 2 atom stereocenters. The van der Waals surface area contributed by atoms with Gasteiger partial charge in [-0.15, -0.1) is 0 Å². The van der Waals surface area contributed by atoms with Crippen molar-refractivity contribution in [2.75, 3.05) is 39.4 Å². The minimum atomic E-state index is -0.168. The van der Waals surface area contributed by atoms with Gasteiger partial charge in [0.25, 0.3) is 0 Å². The first kappa shape index (κ1) is 23.5. The van der Waals surface area contributed by atoms with E-state index in [1.54, 1.807) is 18.2 Å². The number of hydrogen-bond acceptors (Lipinski definition) is 6. The molecule has 5 rings (SSSR count). The van der Waals surface area contributed by atoms with Crippen LogP contribution in [0.15, 0.2) is 48.5 Å². The fraction of sp³-hybridized carbons (Fsp3) is 0.500. The molecule has 2 aromatic rings. The first-order chi connectivity index (χ1) is 17.2. The molecule has 0 spiro atoms. The Kier molecular flexibility index (Phi) is 7.39. The first-order valence-corrected chi connectivity index (χ1v) is 12.7. The summed E-state index contributed by atoms with van der Waals surface area (Å²) in [6.07, 6.45) is 5.15. The molecule has 2 aromatic carbocycles. The van der Waals surface area contributed by atoms with Crippen molar-refractivity contribution in [2.45, 2.75) is 44.2 Å². The fourth-order valence-electron chi connectivity index (χ4n) is 5.39. The molecule has 3 aliphatic rings. The van der Waals surface area contributed by atoms with Gasteiger partial charge in [-0.05, 0) is 68.8 Å². The van der Waals surface area contributed by atoms with Crippen LogP contribution in [0.1, 0.15) is 36.8 Å². The van der Waals surface area contributed by atoms with Crippen LogP contribution in [0.5, 0.6) is 11.5 Å². The van der Waals surface area contributed by atoms with Crippen LogP contribution >= 0.6 is 0 Å². The van der Waals surface area contributed by atoms with Gasteiger partial charge in [-0.1, -0.05) is 30.3 Å². The lowest BCUT2D eigenvalue weighted by Crippen LogP contribution is -2.44. The van der Waals surface area contributed by atoms with E-state index in [0.717, 1.165) is 45.4 Å². The maximum atomic E-state index is 12.3. The zero-order valence-electron chi connectivity index (χ0n) is 20.1. The van der Waals surface area contributed by atoms with E-state index < -0.39 is 0 Å². The summed E-state index contributed by atoms with van der Waals surface area (Å²) in [4.78, 5) is 16.6. The molecule has 3 heterocycles. The van der Waals surface area contributed by atoms with E-state index in [4.69, 9.17) is 19.5 Å². The number of ether oxygens (including phenoxy) is 3. The summed E-state index contributed by atoms with van der Waals surface area (Å²) in [5.41, 5.74) is 1.83. The summed E-state index contributed by atoms with van der Waals surface area (Å²) in [7, 11) is 0. The molecule has 7 nitrogen and oxygen atoms in total. The molecule has 2 unspecified atom stereocenters. The largest absolute Gasteiger partial charge is 0.486 e. The number of fused-ring (bicyclic) bond motifs is 1. The third kappa shape index (κ3) is 5.88. The van der Waals surface area contributed by atoms with Crippen molar-refractivity contribution in [1.29, 1.82) is 5.26 Å². The number of carbonyl (C=O) groups is 1. The van der Waals surface area contributed by atoms with Crippen LogP contribution in [0.3, 0.4) is 0 Å². The van der Waals surface area contributed by atoms with Crippen LogP contribution in [0, 0.1) is 17.2 Å². The molecule has 2 fully saturated rings. The smallest absolute Gasteiger partial charge is 0.410 e. The average Bonchev–Trinajstić information content (AvgIpc) is 3.24. The first-order valence-electron chi connectivity index (χ1n) is 12.7. The van der Waals surface area contributed by atoms with Gasteiger partial charge in [0.05, 0.1) is 17.7 Å². The number of rotatable bonds is 8. The van der Waals surface area contributed by atoms with Gasteiger partial charge >= 0.3 is 6.09 Å². The minimum absolute atomic E-state index is 0.0179. The Labute approximate surface area is 207 Å². The number of piperidine rings is 1. The summed E-state index contributed by atoms with van der Waals surface area (Å²) < 4.78 is 17.3. The third-order valence-electron chi connectivity index (χ3n) is 7.36. The highest BCUT2D eigenvalue weighted by Gasteiger charge is 2.33. The summed E-state index contributed by atoms with van der Waals surface area (Å²) in [6, 6.07) is 17.9. The molecule has 3 aliphatic heterocycles. The molecule has 0 N–H and O–H groups in total. The van der Waals surface area contributed by atoms with Gasteiger partial charge in [0, 0.05) is 19.2 Å². The van der Waals surface area contributed by atoms with Gasteiger partial charge in [-0.3, -0.25) is 4.90 Å². The molecule has 0 saturated carbocycles. The number of nitrogens with zero attached hydrogens (tertiary/aromatic N) is 3. The normalized spacial score (nSPS) is 22.6. The Morgan fingerprint density at radius 1 is 1.00 bits per heavy atom. The lowest BCUT2D eigenvalue weighted by molar-refractivity contribution is 0.0469. The van der Waals surface area contributed by atoms with Crippen LogP contribution < -0.4 is 9.47 Å². The van der Waals surface area contributed by atoms with Crippen LogP contribution in [0.2, 0.25) is 0 Å². The van der Waals surface area contributed by atoms with Crippen molar-refractivity contribution in [2.24, 2.45) is 5.92 Å². The predicted molar refractivity (Wildman–Crippen MR) is 131 cm³/mol. The van der Waals surface area contributed by atoms with E-state index in [1.165, 1.54) is 18.4 Å². The van der Waals surface area contributed by atoms with Crippen molar-refractivity contribution < 1.29 is 19.0 Å². The van der Waals surface area contributed by atoms with Crippen molar-refractivity contribution in [3.63, 3.8) is 0 Å². The molecule has 184 valence electrons. The quantitative estimate of drug-likeness (QED) is 0.568. The topological polar surface area (TPSA) is 75.0 Å². The number of hydrogen-bond donors (Lipinski definition) is 0. The molecular formula is C28H33N3O4. The van der Waals surface area contributed by atoms with Gasteiger partial charge in [0.1, 0.15) is 19.3 Å². The predicted octanol–water partition coefficient (Wildman–Crippen LogP) is 4.25. The molecule has 0 aliphatic carbocycles. The third-order valence-corrected chi connectivity index (χ3v) is 7.36. The number of nitriles is 1. The zero-order chi connectivity index (χ0) is 24.0. The van der Waals surface area contributed by atoms with Gasteiger partial charge in [0.15, 0.2) is 11.5 Å². The van der Waals surface area contributed by atoms with Crippen molar-refractivity contribution in [3.8, 4) is 17.6 Å². The van der Waals surface area contributed by atoms with Crippen LogP contribution in [0.25, 0.3) is 0 Å². The molecule has 7 heteroatoms. The second-order valence-electron chi connectivity index (χ2n) is 9.82. The highest BCUT2D eigenvalue weighted by molar-refractivity contribution is 5.70. The monoisotopic (exact) mass is 475 g/mol. The van der Waals surface area contributed by atoms with Crippen molar-refractivity contribution in [3.05, 3.63) is 59.7 Å². The van der Waals surface area contributed by atoms with Crippen molar-refractivity contribution in [1.82, 2.24) is 9.80 Å². The SMILES string of the molecule is N#Cc1ccc2c(c1)OC(CN1CCC(CCCN3C(=O)OCC3Cc3ccccc3)CC1)CO2. The standard InChI is InChI=1S/C28H33N3O4/c29-17-23-8-9-26-27(16-23)35-25(20-33-26)18-30-13-10-21(11-14-30)7-4-12-31-24(19-34-28(31)32)15-22-5-2-1-3-6-22/h1-3,5-6,8-9,16,21,24-25H,4,7,10-15,18-20H2. The number of benzene rings is 2. The van der Waals surface area contributed by atoms with E-state index >= 15 is 0 Å². The van der Waals surface area contributed by atoms with E-state index in [2.05, 4.69) is 23.1 Å². The molecule has 0 bridgehead atoms. The lowest BCUT2D eigenvalue weighted by atomic mass is 9.92. The maximum Gasteiger partial charge on any atom is 0.410 e. The van der Waals surface area contributed by atoms with E-state index in [9.17, 15) is 4.79 Å². The Bertz CT molecular complexity index is 1050. The van der Waals surface area contributed by atoms with Gasteiger partial charge in [-0.25, -0.2) is 4.79 Å². The van der Waals surface area contributed by atoms with Gasteiger partial charge in [0.2, 0.25) is 0 Å². The molecular weight excluding hydrogens is 442 g/mol. The number of likely N-dealkylation sites (tertiary alicyclic amines) is 1. The molecule has 1 amide bonds. The second kappa shape index (κ2) is 11.0.